The summed E-state index contributed by atoms with van der Waals surface area (Å²) in [6.07, 6.45) is 1.34. The molecule has 0 aliphatic rings. The fourth-order valence-corrected chi connectivity index (χ4v) is 2.32. The van der Waals surface area contributed by atoms with E-state index in [1.54, 1.807) is 0 Å². The van der Waals surface area contributed by atoms with Crippen LogP contribution in [0.1, 0.15) is 15.9 Å². The standard InChI is InChI=1S/C16H8Cl2N2O3/c17-12-3-6-14(15(18)8-12)16(21)11(9-19)7-10-1-4-13(5-2-10)20(22)23/h1-8H/b11-7+. The zero-order valence-electron chi connectivity index (χ0n) is 11.5. The van der Waals surface area contributed by atoms with Gasteiger partial charge in [-0.25, -0.2) is 0 Å². The Morgan fingerprint density at radius 2 is 1.83 bits per heavy atom. The summed E-state index contributed by atoms with van der Waals surface area (Å²) in [6, 6.07) is 11.7. The Morgan fingerprint density at radius 1 is 1.17 bits per heavy atom. The number of hydrogen-bond acceptors (Lipinski definition) is 4. The van der Waals surface area contributed by atoms with Gasteiger partial charge in [0, 0.05) is 22.7 Å². The molecule has 0 N–H and O–H groups in total. The molecule has 0 aliphatic heterocycles. The van der Waals surface area contributed by atoms with Crippen molar-refractivity contribution in [1.29, 1.82) is 5.26 Å². The Hall–Kier alpha value is -2.68. The molecule has 2 aromatic rings. The molecule has 0 aliphatic carbocycles. The first-order valence-electron chi connectivity index (χ1n) is 6.28. The number of halogens is 2. The lowest BCUT2D eigenvalue weighted by Crippen LogP contribution is -2.02. The number of rotatable bonds is 4. The number of nitro benzene ring substituents is 1. The third-order valence-electron chi connectivity index (χ3n) is 2.96. The van der Waals surface area contributed by atoms with Crippen LogP contribution in [-0.2, 0) is 0 Å². The van der Waals surface area contributed by atoms with Gasteiger partial charge in [-0.2, -0.15) is 5.26 Å². The molecule has 0 heterocycles. The van der Waals surface area contributed by atoms with Crippen LogP contribution in [0.5, 0.6) is 0 Å². The van der Waals surface area contributed by atoms with E-state index in [-0.39, 0.29) is 21.8 Å². The molecule has 2 aromatic carbocycles. The van der Waals surface area contributed by atoms with Crippen molar-refractivity contribution in [3.05, 3.63) is 79.3 Å². The van der Waals surface area contributed by atoms with Crippen molar-refractivity contribution in [3.8, 4) is 6.07 Å². The molecule has 0 bridgehead atoms. The van der Waals surface area contributed by atoms with Gasteiger partial charge in [-0.1, -0.05) is 23.2 Å². The second-order valence-electron chi connectivity index (χ2n) is 4.47. The maximum atomic E-state index is 12.4. The van der Waals surface area contributed by atoms with Crippen LogP contribution in [-0.4, -0.2) is 10.7 Å². The van der Waals surface area contributed by atoms with E-state index in [1.165, 1.54) is 48.5 Å². The molecule has 0 spiro atoms. The molecule has 0 saturated carbocycles. The van der Waals surface area contributed by atoms with E-state index in [2.05, 4.69) is 0 Å². The van der Waals surface area contributed by atoms with Crippen molar-refractivity contribution >= 4 is 40.7 Å². The number of nitriles is 1. The molecule has 7 heteroatoms. The smallest absolute Gasteiger partial charge is 0.269 e. The first-order chi connectivity index (χ1) is 10.9. The predicted octanol–water partition coefficient (Wildman–Crippen LogP) is 4.69. The highest BCUT2D eigenvalue weighted by molar-refractivity contribution is 6.37. The van der Waals surface area contributed by atoms with E-state index in [0.717, 1.165) is 0 Å². The third kappa shape index (κ3) is 3.95. The Bertz CT molecular complexity index is 853. The number of carbonyl (C=O) groups excluding carboxylic acids is 1. The average molecular weight is 347 g/mol. The number of ketones is 1. The van der Waals surface area contributed by atoms with Gasteiger partial charge >= 0.3 is 0 Å². The molecule has 0 atom stereocenters. The second-order valence-corrected chi connectivity index (χ2v) is 5.32. The zero-order chi connectivity index (χ0) is 17.0. The van der Waals surface area contributed by atoms with Crippen molar-refractivity contribution in [2.24, 2.45) is 0 Å². The van der Waals surface area contributed by atoms with Gasteiger partial charge in [0.15, 0.2) is 0 Å². The third-order valence-corrected chi connectivity index (χ3v) is 3.50. The molecular weight excluding hydrogens is 339 g/mol. The maximum Gasteiger partial charge on any atom is 0.269 e. The van der Waals surface area contributed by atoms with Gasteiger partial charge in [-0.05, 0) is 42.0 Å². The minimum atomic E-state index is -0.549. The van der Waals surface area contributed by atoms with Gasteiger partial charge in [0.1, 0.15) is 11.6 Å². The van der Waals surface area contributed by atoms with Gasteiger partial charge in [0.05, 0.1) is 9.95 Å². The number of nitrogens with zero attached hydrogens (tertiary/aromatic N) is 2. The van der Waals surface area contributed by atoms with E-state index in [1.807, 2.05) is 6.07 Å². The van der Waals surface area contributed by atoms with Gasteiger partial charge < -0.3 is 0 Å². The summed E-state index contributed by atoms with van der Waals surface area (Å²) in [5, 5.41) is 20.3. The highest BCUT2D eigenvalue weighted by atomic mass is 35.5. The largest absolute Gasteiger partial charge is 0.288 e. The summed E-state index contributed by atoms with van der Waals surface area (Å²) < 4.78 is 0. The van der Waals surface area contributed by atoms with Crippen molar-refractivity contribution in [1.82, 2.24) is 0 Å². The van der Waals surface area contributed by atoms with Crippen LogP contribution >= 0.6 is 23.2 Å². The van der Waals surface area contributed by atoms with E-state index in [0.29, 0.717) is 10.6 Å². The number of benzene rings is 2. The van der Waals surface area contributed by atoms with Gasteiger partial charge in [0.2, 0.25) is 5.78 Å². The van der Waals surface area contributed by atoms with Crippen molar-refractivity contribution < 1.29 is 9.72 Å². The summed E-state index contributed by atoms with van der Waals surface area (Å²) in [5.41, 5.74) is 0.437. The summed E-state index contributed by atoms with van der Waals surface area (Å²) in [5.74, 6) is -0.549. The quantitative estimate of drug-likeness (QED) is 0.264. The molecule has 23 heavy (non-hydrogen) atoms. The van der Waals surface area contributed by atoms with Crippen LogP contribution in [0.4, 0.5) is 5.69 Å². The lowest BCUT2D eigenvalue weighted by Gasteiger charge is -2.03. The highest BCUT2D eigenvalue weighted by Gasteiger charge is 2.16. The second kappa shape index (κ2) is 7.05. The number of nitro groups is 1. The number of Topliss-reactive ketones (excluding diaryl/α,β-unsaturated/α-hetero) is 1. The molecule has 0 amide bonds. The van der Waals surface area contributed by atoms with Gasteiger partial charge in [-0.15, -0.1) is 0 Å². The SMILES string of the molecule is N#C/C(=C\c1ccc([N+](=O)[O-])cc1)C(=O)c1ccc(Cl)cc1Cl. The van der Waals surface area contributed by atoms with Gasteiger partial charge in [0.25, 0.3) is 5.69 Å². The van der Waals surface area contributed by atoms with Crippen LogP contribution in [0.3, 0.4) is 0 Å². The van der Waals surface area contributed by atoms with Crippen molar-refractivity contribution in [2.75, 3.05) is 0 Å². The minimum absolute atomic E-state index is 0.0762. The van der Waals surface area contributed by atoms with Crippen molar-refractivity contribution in [2.45, 2.75) is 0 Å². The van der Waals surface area contributed by atoms with E-state index < -0.39 is 10.7 Å². The number of non-ortho nitro benzene ring substituents is 1. The molecule has 114 valence electrons. The normalized spacial score (nSPS) is 10.9. The summed E-state index contributed by atoms with van der Waals surface area (Å²) in [7, 11) is 0. The van der Waals surface area contributed by atoms with Crippen LogP contribution < -0.4 is 0 Å². The van der Waals surface area contributed by atoms with Crippen LogP contribution in [0.2, 0.25) is 10.0 Å². The first-order valence-corrected chi connectivity index (χ1v) is 7.04. The first kappa shape index (κ1) is 16.7. The summed E-state index contributed by atoms with van der Waals surface area (Å²) in [4.78, 5) is 22.4. The lowest BCUT2D eigenvalue weighted by molar-refractivity contribution is -0.384. The minimum Gasteiger partial charge on any atom is -0.288 e. The maximum absolute atomic E-state index is 12.4. The molecule has 5 nitrogen and oxygen atoms in total. The topological polar surface area (TPSA) is 84.0 Å². The monoisotopic (exact) mass is 346 g/mol. The van der Waals surface area contributed by atoms with E-state index >= 15 is 0 Å². The fraction of sp³-hybridized carbons (Fsp3) is 0. The van der Waals surface area contributed by atoms with Crippen LogP contribution in [0.15, 0.2) is 48.0 Å². The molecule has 0 radical (unpaired) electrons. The Balaban J connectivity index is 2.36. The highest BCUT2D eigenvalue weighted by Crippen LogP contribution is 2.24. The Kier molecular flexibility index (Phi) is 5.12. The van der Waals surface area contributed by atoms with Crippen molar-refractivity contribution in [3.63, 3.8) is 0 Å². The van der Waals surface area contributed by atoms with Crippen LogP contribution in [0, 0.1) is 21.4 Å². The zero-order valence-corrected chi connectivity index (χ0v) is 13.0. The van der Waals surface area contributed by atoms with Crippen LogP contribution in [0.25, 0.3) is 6.08 Å². The van der Waals surface area contributed by atoms with Gasteiger partial charge in [-0.3, -0.25) is 14.9 Å². The molecular formula is C16H8Cl2N2O3. The predicted molar refractivity (Wildman–Crippen MR) is 87.5 cm³/mol. The Labute approximate surface area is 141 Å². The number of hydrogen-bond donors (Lipinski definition) is 0. The fourth-order valence-electron chi connectivity index (χ4n) is 1.83. The van der Waals surface area contributed by atoms with E-state index in [9.17, 15) is 20.2 Å². The molecule has 2 rings (SSSR count). The average Bonchev–Trinajstić information content (AvgIpc) is 2.52. The molecule has 0 aromatic heterocycles. The number of carbonyl (C=O) groups is 1. The molecule has 0 unspecified atom stereocenters. The number of allylic oxidation sites excluding steroid dienone is 1. The molecule has 0 saturated heterocycles. The lowest BCUT2D eigenvalue weighted by atomic mass is 10.0. The summed E-state index contributed by atoms with van der Waals surface area (Å²) in [6.45, 7) is 0. The Morgan fingerprint density at radius 3 is 2.35 bits per heavy atom. The summed E-state index contributed by atoms with van der Waals surface area (Å²) >= 11 is 11.7. The molecule has 0 fully saturated rings. The van der Waals surface area contributed by atoms with E-state index in [4.69, 9.17) is 23.2 Å².